The van der Waals surface area contributed by atoms with Crippen LogP contribution >= 0.6 is 35.3 Å². The zero-order valence-corrected chi connectivity index (χ0v) is 15.4. The molecule has 0 aliphatic heterocycles. The standard InChI is InChI=1S/C17H12N4OS3/c23-17-21(13-9-5-2-6-10-13)20-16(25-17)24-11-14-18-19-15(22-14)12-7-3-1-4-8-12/h1-10H,11H2. The predicted octanol–water partition coefficient (Wildman–Crippen LogP) is 5.01. The van der Waals surface area contributed by atoms with Gasteiger partial charge in [-0.3, -0.25) is 0 Å². The second-order valence-corrected chi connectivity index (χ2v) is 7.88. The second-order valence-electron chi connectivity index (χ2n) is 5.04. The van der Waals surface area contributed by atoms with Crippen molar-refractivity contribution in [2.24, 2.45) is 0 Å². The van der Waals surface area contributed by atoms with E-state index in [1.54, 1.807) is 4.68 Å². The molecule has 0 atom stereocenters. The van der Waals surface area contributed by atoms with Gasteiger partial charge < -0.3 is 4.42 Å². The first-order valence-electron chi connectivity index (χ1n) is 7.46. The van der Waals surface area contributed by atoms with Crippen LogP contribution in [-0.4, -0.2) is 20.0 Å². The van der Waals surface area contributed by atoms with Crippen LogP contribution in [0.1, 0.15) is 5.89 Å². The van der Waals surface area contributed by atoms with E-state index < -0.39 is 0 Å². The normalized spacial score (nSPS) is 10.9. The molecule has 2 aromatic heterocycles. The Labute approximate surface area is 157 Å². The third-order valence-electron chi connectivity index (χ3n) is 3.34. The van der Waals surface area contributed by atoms with Gasteiger partial charge >= 0.3 is 0 Å². The lowest BCUT2D eigenvalue weighted by atomic mass is 10.2. The molecule has 25 heavy (non-hydrogen) atoms. The number of nitrogens with zero attached hydrogens (tertiary/aromatic N) is 4. The average Bonchev–Trinajstić information content (AvgIpc) is 3.28. The summed E-state index contributed by atoms with van der Waals surface area (Å²) in [5, 5.41) is 12.8. The lowest BCUT2D eigenvalue weighted by Crippen LogP contribution is -1.95. The highest BCUT2D eigenvalue weighted by Crippen LogP contribution is 2.27. The van der Waals surface area contributed by atoms with Crippen molar-refractivity contribution in [2.75, 3.05) is 0 Å². The van der Waals surface area contributed by atoms with Crippen molar-refractivity contribution in [2.45, 2.75) is 10.1 Å². The molecule has 2 aromatic carbocycles. The van der Waals surface area contributed by atoms with Crippen molar-refractivity contribution in [3.63, 3.8) is 0 Å². The Morgan fingerprint density at radius 1 is 1.00 bits per heavy atom. The molecule has 2 heterocycles. The largest absolute Gasteiger partial charge is 0.420 e. The van der Waals surface area contributed by atoms with E-state index in [0.29, 0.717) is 21.5 Å². The molecule has 5 nitrogen and oxygen atoms in total. The van der Waals surface area contributed by atoms with Crippen LogP contribution in [0.5, 0.6) is 0 Å². The number of hydrogen-bond donors (Lipinski definition) is 0. The van der Waals surface area contributed by atoms with E-state index in [0.717, 1.165) is 15.6 Å². The molecule has 0 radical (unpaired) electrons. The van der Waals surface area contributed by atoms with Crippen LogP contribution in [0.25, 0.3) is 17.1 Å². The number of thioether (sulfide) groups is 1. The van der Waals surface area contributed by atoms with Crippen LogP contribution in [0.3, 0.4) is 0 Å². The molecule has 0 bridgehead atoms. The lowest BCUT2D eigenvalue weighted by Gasteiger charge is -1.98. The number of hydrogen-bond acceptors (Lipinski definition) is 7. The van der Waals surface area contributed by atoms with Gasteiger partial charge in [-0.1, -0.05) is 59.5 Å². The summed E-state index contributed by atoms with van der Waals surface area (Å²) >= 11 is 8.41. The van der Waals surface area contributed by atoms with E-state index in [4.69, 9.17) is 16.6 Å². The minimum absolute atomic E-state index is 0.527. The molecule has 124 valence electrons. The summed E-state index contributed by atoms with van der Waals surface area (Å²) in [6.07, 6.45) is 0. The van der Waals surface area contributed by atoms with Gasteiger partial charge in [-0.05, 0) is 36.5 Å². The predicted molar refractivity (Wildman–Crippen MR) is 102 cm³/mol. The monoisotopic (exact) mass is 384 g/mol. The fourth-order valence-corrected chi connectivity index (χ4v) is 4.38. The molecular formula is C17H12N4OS3. The van der Waals surface area contributed by atoms with Gasteiger partial charge in [0.2, 0.25) is 11.8 Å². The van der Waals surface area contributed by atoms with Gasteiger partial charge in [0.05, 0.1) is 11.4 Å². The minimum Gasteiger partial charge on any atom is -0.420 e. The van der Waals surface area contributed by atoms with E-state index in [9.17, 15) is 0 Å². The zero-order chi connectivity index (χ0) is 17.1. The van der Waals surface area contributed by atoms with Crippen molar-refractivity contribution in [3.05, 3.63) is 70.5 Å². The van der Waals surface area contributed by atoms with E-state index in [2.05, 4.69) is 15.3 Å². The first-order valence-corrected chi connectivity index (χ1v) is 9.67. The fourth-order valence-electron chi connectivity index (χ4n) is 2.18. The van der Waals surface area contributed by atoms with Crippen molar-refractivity contribution >= 4 is 35.3 Å². The summed E-state index contributed by atoms with van der Waals surface area (Å²) in [5.74, 6) is 1.64. The summed E-state index contributed by atoms with van der Waals surface area (Å²) in [6, 6.07) is 19.6. The number of benzene rings is 2. The molecule has 0 fully saturated rings. The van der Waals surface area contributed by atoms with Crippen LogP contribution in [0.2, 0.25) is 0 Å². The van der Waals surface area contributed by atoms with Gasteiger partial charge in [0, 0.05) is 5.56 Å². The number of rotatable bonds is 5. The summed E-state index contributed by atoms with van der Waals surface area (Å²) in [7, 11) is 0. The van der Waals surface area contributed by atoms with Gasteiger partial charge in [0.25, 0.3) is 0 Å². The molecule has 0 aliphatic carbocycles. The van der Waals surface area contributed by atoms with E-state index in [1.165, 1.54) is 23.1 Å². The Morgan fingerprint density at radius 3 is 2.48 bits per heavy atom. The minimum atomic E-state index is 0.527. The molecule has 0 amide bonds. The van der Waals surface area contributed by atoms with Crippen LogP contribution in [0.4, 0.5) is 0 Å². The highest BCUT2D eigenvalue weighted by Gasteiger charge is 2.11. The summed E-state index contributed by atoms with van der Waals surface area (Å²) in [6.45, 7) is 0. The zero-order valence-electron chi connectivity index (χ0n) is 12.9. The SMILES string of the molecule is S=c1sc(SCc2nnc(-c3ccccc3)o2)nn1-c1ccccc1. The third-order valence-corrected chi connectivity index (χ3v) is 5.69. The Kier molecular flexibility index (Phi) is 4.73. The molecular weight excluding hydrogens is 372 g/mol. The molecule has 4 aromatic rings. The van der Waals surface area contributed by atoms with E-state index in [1.807, 2.05) is 60.7 Å². The maximum absolute atomic E-state index is 5.71. The molecule has 0 spiro atoms. The van der Waals surface area contributed by atoms with Gasteiger partial charge in [-0.2, -0.15) is 0 Å². The highest BCUT2D eigenvalue weighted by molar-refractivity contribution is 8.00. The Hall–Kier alpha value is -2.29. The van der Waals surface area contributed by atoms with Crippen molar-refractivity contribution in [3.8, 4) is 17.1 Å². The maximum atomic E-state index is 5.71. The molecule has 0 aliphatic rings. The van der Waals surface area contributed by atoms with Gasteiger partial charge in [0.1, 0.15) is 0 Å². The Morgan fingerprint density at radius 2 is 1.72 bits per heavy atom. The quantitative estimate of drug-likeness (QED) is 0.356. The highest BCUT2D eigenvalue weighted by atomic mass is 32.2. The Bertz CT molecular complexity index is 1020. The van der Waals surface area contributed by atoms with E-state index >= 15 is 0 Å². The maximum Gasteiger partial charge on any atom is 0.247 e. The molecule has 0 N–H and O–H groups in total. The van der Waals surface area contributed by atoms with Gasteiger partial charge in [-0.15, -0.1) is 15.3 Å². The molecule has 0 saturated heterocycles. The fraction of sp³-hybridized carbons (Fsp3) is 0.0588. The van der Waals surface area contributed by atoms with Crippen LogP contribution in [0.15, 0.2) is 69.4 Å². The molecule has 0 saturated carbocycles. The van der Waals surface area contributed by atoms with Crippen LogP contribution in [-0.2, 0) is 5.75 Å². The first-order chi connectivity index (χ1) is 12.3. The van der Waals surface area contributed by atoms with Gasteiger partial charge in [0.15, 0.2) is 8.29 Å². The molecule has 4 rings (SSSR count). The summed E-state index contributed by atoms with van der Waals surface area (Å²) in [5.41, 5.74) is 1.87. The number of aromatic nitrogens is 4. The number of para-hydroxylation sites is 1. The van der Waals surface area contributed by atoms with Crippen molar-refractivity contribution in [1.82, 2.24) is 20.0 Å². The first kappa shape index (κ1) is 16.2. The van der Waals surface area contributed by atoms with Crippen LogP contribution in [0, 0.1) is 3.95 Å². The molecule has 8 heteroatoms. The lowest BCUT2D eigenvalue weighted by molar-refractivity contribution is 0.528. The van der Waals surface area contributed by atoms with Crippen molar-refractivity contribution < 1.29 is 4.42 Å². The second kappa shape index (κ2) is 7.30. The summed E-state index contributed by atoms with van der Waals surface area (Å²) < 4.78 is 9.06. The third kappa shape index (κ3) is 3.71. The van der Waals surface area contributed by atoms with Gasteiger partial charge in [-0.25, -0.2) is 4.68 Å². The molecule has 0 unspecified atom stereocenters. The smallest absolute Gasteiger partial charge is 0.247 e. The summed E-state index contributed by atoms with van der Waals surface area (Å²) in [4.78, 5) is 0. The Balaban J connectivity index is 1.48. The van der Waals surface area contributed by atoms with E-state index in [-0.39, 0.29) is 0 Å². The topological polar surface area (TPSA) is 56.7 Å². The average molecular weight is 385 g/mol. The van der Waals surface area contributed by atoms with Crippen molar-refractivity contribution in [1.29, 1.82) is 0 Å². The van der Waals surface area contributed by atoms with Crippen LogP contribution < -0.4 is 0 Å².